The van der Waals surface area contributed by atoms with Gasteiger partial charge in [-0.3, -0.25) is 4.57 Å². The molecule has 0 saturated carbocycles. The van der Waals surface area contributed by atoms with Gasteiger partial charge in [-0.15, -0.1) is 10.2 Å². The number of hydrogen-bond donors (Lipinski definition) is 0. The van der Waals surface area contributed by atoms with Crippen LogP contribution in [0.3, 0.4) is 0 Å². The third kappa shape index (κ3) is 4.07. The molecule has 0 radical (unpaired) electrons. The highest BCUT2D eigenvalue weighted by Crippen LogP contribution is 2.31. The summed E-state index contributed by atoms with van der Waals surface area (Å²) in [7, 11) is 1.65. The van der Waals surface area contributed by atoms with Crippen molar-refractivity contribution in [3.05, 3.63) is 89.5 Å². The number of nitriles is 1. The minimum Gasteiger partial charge on any atom is -0.497 e. The largest absolute Gasteiger partial charge is 0.497 e. The monoisotopic (exact) mass is 412 g/mol. The SMILES string of the molecule is COc1ccc(-c2nnc(SCc3ccccc3C#N)n2-c2cccc(C)c2)cc1. The predicted octanol–water partition coefficient (Wildman–Crippen LogP) is 5.42. The molecule has 0 aliphatic carbocycles. The van der Waals surface area contributed by atoms with Crippen molar-refractivity contribution in [1.82, 2.24) is 14.8 Å². The molecule has 30 heavy (non-hydrogen) atoms. The molecular weight excluding hydrogens is 392 g/mol. The normalized spacial score (nSPS) is 10.6. The fraction of sp³-hybridized carbons (Fsp3) is 0.125. The molecule has 3 aromatic carbocycles. The lowest BCUT2D eigenvalue weighted by Crippen LogP contribution is -2.00. The van der Waals surface area contributed by atoms with Crippen molar-refractivity contribution < 1.29 is 4.74 Å². The van der Waals surface area contributed by atoms with Gasteiger partial charge in [-0.2, -0.15) is 5.26 Å². The number of aromatic nitrogens is 3. The maximum absolute atomic E-state index is 9.37. The predicted molar refractivity (Wildman–Crippen MR) is 119 cm³/mol. The summed E-state index contributed by atoms with van der Waals surface area (Å²) in [4.78, 5) is 0. The van der Waals surface area contributed by atoms with E-state index in [-0.39, 0.29) is 0 Å². The lowest BCUT2D eigenvalue weighted by molar-refractivity contribution is 0.415. The van der Waals surface area contributed by atoms with Gasteiger partial charge >= 0.3 is 0 Å². The maximum Gasteiger partial charge on any atom is 0.196 e. The second-order valence-corrected chi connectivity index (χ2v) is 7.71. The van der Waals surface area contributed by atoms with Gasteiger partial charge in [-0.05, 0) is 60.5 Å². The molecule has 0 unspecified atom stereocenters. The van der Waals surface area contributed by atoms with Crippen LogP contribution in [0.5, 0.6) is 5.75 Å². The molecule has 0 N–H and O–H groups in total. The molecule has 148 valence electrons. The Kier molecular flexibility index (Phi) is 5.82. The zero-order valence-corrected chi connectivity index (χ0v) is 17.6. The van der Waals surface area contributed by atoms with E-state index in [2.05, 4.69) is 46.0 Å². The number of nitrogens with zero attached hydrogens (tertiary/aromatic N) is 4. The smallest absolute Gasteiger partial charge is 0.196 e. The highest BCUT2D eigenvalue weighted by atomic mass is 32.2. The van der Waals surface area contributed by atoms with Crippen molar-refractivity contribution in [2.45, 2.75) is 17.8 Å². The highest BCUT2D eigenvalue weighted by molar-refractivity contribution is 7.98. The maximum atomic E-state index is 9.37. The minimum atomic E-state index is 0.635. The summed E-state index contributed by atoms with van der Waals surface area (Å²) in [5.41, 5.74) is 4.78. The van der Waals surface area contributed by atoms with Crippen molar-refractivity contribution in [3.8, 4) is 28.9 Å². The molecule has 0 fully saturated rings. The van der Waals surface area contributed by atoms with Crippen molar-refractivity contribution in [2.75, 3.05) is 7.11 Å². The summed E-state index contributed by atoms with van der Waals surface area (Å²) >= 11 is 1.57. The second kappa shape index (κ2) is 8.85. The number of methoxy groups -OCH3 is 1. The zero-order valence-electron chi connectivity index (χ0n) is 16.7. The molecule has 0 aliphatic heterocycles. The first kappa shape index (κ1) is 19.7. The Hall–Kier alpha value is -3.56. The molecule has 0 atom stereocenters. The standard InChI is InChI=1S/C24H20N4OS/c1-17-6-5-9-21(14-17)28-23(18-10-12-22(29-2)13-11-18)26-27-24(28)30-16-20-8-4-3-7-19(20)15-25/h3-14H,16H2,1-2H3. The van der Waals surface area contributed by atoms with Crippen LogP contribution in [0.2, 0.25) is 0 Å². The van der Waals surface area contributed by atoms with Gasteiger partial charge in [0.2, 0.25) is 0 Å². The first-order chi connectivity index (χ1) is 14.7. The summed E-state index contributed by atoms with van der Waals surface area (Å²) in [6, 6.07) is 26.0. The average molecular weight is 413 g/mol. The van der Waals surface area contributed by atoms with E-state index in [9.17, 15) is 5.26 Å². The van der Waals surface area contributed by atoms with Gasteiger partial charge in [0.05, 0.1) is 18.7 Å². The fourth-order valence-electron chi connectivity index (χ4n) is 3.19. The van der Waals surface area contributed by atoms with Gasteiger partial charge in [0.25, 0.3) is 0 Å². The van der Waals surface area contributed by atoms with Crippen LogP contribution in [0.15, 0.2) is 78.0 Å². The molecule has 6 heteroatoms. The van der Waals surface area contributed by atoms with Crippen molar-refractivity contribution >= 4 is 11.8 Å². The first-order valence-corrected chi connectivity index (χ1v) is 10.5. The van der Waals surface area contributed by atoms with E-state index in [1.54, 1.807) is 18.9 Å². The van der Waals surface area contributed by atoms with Gasteiger partial charge in [-0.25, -0.2) is 0 Å². The lowest BCUT2D eigenvalue weighted by atomic mass is 10.1. The summed E-state index contributed by atoms with van der Waals surface area (Å²) in [6.07, 6.45) is 0. The van der Waals surface area contributed by atoms with E-state index in [0.29, 0.717) is 11.3 Å². The fourth-order valence-corrected chi connectivity index (χ4v) is 4.14. The van der Waals surface area contributed by atoms with Gasteiger partial charge in [-0.1, -0.05) is 42.1 Å². The van der Waals surface area contributed by atoms with Crippen LogP contribution in [0.25, 0.3) is 17.1 Å². The van der Waals surface area contributed by atoms with Crippen LogP contribution in [-0.2, 0) is 5.75 Å². The number of rotatable bonds is 6. The third-order valence-corrected chi connectivity index (χ3v) is 5.71. The lowest BCUT2D eigenvalue weighted by Gasteiger charge is -2.12. The Balaban J connectivity index is 1.75. The molecule has 0 amide bonds. The first-order valence-electron chi connectivity index (χ1n) is 9.47. The third-order valence-electron chi connectivity index (χ3n) is 4.74. The minimum absolute atomic E-state index is 0.635. The van der Waals surface area contributed by atoms with E-state index in [4.69, 9.17) is 4.74 Å². The number of ether oxygens (including phenoxy) is 1. The van der Waals surface area contributed by atoms with Crippen molar-refractivity contribution in [1.29, 1.82) is 5.26 Å². The van der Waals surface area contributed by atoms with Crippen LogP contribution < -0.4 is 4.74 Å². The van der Waals surface area contributed by atoms with E-state index in [0.717, 1.165) is 39.1 Å². The van der Waals surface area contributed by atoms with Crippen LogP contribution >= 0.6 is 11.8 Å². The van der Waals surface area contributed by atoms with Gasteiger partial charge < -0.3 is 4.74 Å². The Bertz CT molecular complexity index is 1210. The Morgan fingerprint density at radius 3 is 2.53 bits per heavy atom. The molecule has 5 nitrogen and oxygen atoms in total. The molecule has 0 aliphatic rings. The molecule has 1 aromatic heterocycles. The van der Waals surface area contributed by atoms with Crippen molar-refractivity contribution in [3.63, 3.8) is 0 Å². The van der Waals surface area contributed by atoms with Crippen LogP contribution in [0.4, 0.5) is 0 Å². The summed E-state index contributed by atoms with van der Waals surface area (Å²) in [5, 5.41) is 19.1. The molecule has 0 bridgehead atoms. The van der Waals surface area contributed by atoms with Gasteiger partial charge in [0.15, 0.2) is 11.0 Å². The Morgan fingerprint density at radius 2 is 1.80 bits per heavy atom. The number of thioether (sulfide) groups is 1. The second-order valence-electron chi connectivity index (χ2n) is 6.77. The van der Waals surface area contributed by atoms with Crippen LogP contribution in [0, 0.1) is 18.3 Å². The topological polar surface area (TPSA) is 63.7 Å². The van der Waals surface area contributed by atoms with E-state index < -0.39 is 0 Å². The van der Waals surface area contributed by atoms with Crippen LogP contribution in [-0.4, -0.2) is 21.9 Å². The Labute approximate surface area is 180 Å². The zero-order chi connectivity index (χ0) is 20.9. The summed E-state index contributed by atoms with van der Waals surface area (Å²) in [5.74, 6) is 2.19. The highest BCUT2D eigenvalue weighted by Gasteiger charge is 2.17. The van der Waals surface area contributed by atoms with Gasteiger partial charge in [0.1, 0.15) is 5.75 Å². The molecule has 0 spiro atoms. The molecule has 4 rings (SSSR count). The van der Waals surface area contributed by atoms with E-state index in [1.807, 2.05) is 54.6 Å². The number of benzene rings is 3. The molecule has 0 saturated heterocycles. The molecular formula is C24H20N4OS. The summed E-state index contributed by atoms with van der Waals surface area (Å²) < 4.78 is 7.34. The van der Waals surface area contributed by atoms with E-state index in [1.165, 1.54) is 0 Å². The average Bonchev–Trinajstić information content (AvgIpc) is 3.22. The van der Waals surface area contributed by atoms with Crippen molar-refractivity contribution in [2.24, 2.45) is 0 Å². The van der Waals surface area contributed by atoms with Gasteiger partial charge in [0, 0.05) is 17.0 Å². The quantitative estimate of drug-likeness (QED) is 0.396. The summed E-state index contributed by atoms with van der Waals surface area (Å²) in [6.45, 7) is 2.07. The van der Waals surface area contributed by atoms with Crippen LogP contribution in [0.1, 0.15) is 16.7 Å². The number of aryl methyl sites for hydroxylation is 1. The number of hydrogen-bond acceptors (Lipinski definition) is 5. The molecule has 1 heterocycles. The Morgan fingerprint density at radius 1 is 1.00 bits per heavy atom. The van der Waals surface area contributed by atoms with E-state index >= 15 is 0 Å². The molecule has 4 aromatic rings.